The van der Waals surface area contributed by atoms with Gasteiger partial charge in [0.25, 0.3) is 0 Å². The number of hydrogen-bond acceptors (Lipinski definition) is 2. The van der Waals surface area contributed by atoms with Crippen LogP contribution in [0.4, 0.5) is 0 Å². The van der Waals surface area contributed by atoms with Gasteiger partial charge in [-0.1, -0.05) is 26.7 Å². The summed E-state index contributed by atoms with van der Waals surface area (Å²) >= 11 is 0. The molecule has 2 nitrogen and oxygen atoms in total. The van der Waals surface area contributed by atoms with Crippen LogP contribution in [0.5, 0.6) is 0 Å². The molecule has 2 saturated carbocycles. The van der Waals surface area contributed by atoms with Gasteiger partial charge in [0.15, 0.2) is 0 Å². The summed E-state index contributed by atoms with van der Waals surface area (Å²) in [6.07, 6.45) is 9.76. The minimum Gasteiger partial charge on any atom is -0.369 e. The Morgan fingerprint density at radius 1 is 1.12 bits per heavy atom. The molecule has 98 valence electrons. The Bertz CT molecular complexity index is 280. The largest absolute Gasteiger partial charge is 0.369 e. The highest BCUT2D eigenvalue weighted by Crippen LogP contribution is 2.41. The third-order valence-electron chi connectivity index (χ3n) is 5.19. The van der Waals surface area contributed by atoms with Crippen molar-refractivity contribution in [2.24, 2.45) is 11.8 Å². The van der Waals surface area contributed by atoms with E-state index < -0.39 is 0 Å². The third-order valence-corrected chi connectivity index (χ3v) is 5.19. The first kappa shape index (κ1) is 12.0. The van der Waals surface area contributed by atoms with Crippen LogP contribution < -0.4 is 5.32 Å². The van der Waals surface area contributed by atoms with E-state index in [0.29, 0.717) is 12.1 Å². The molecule has 5 atom stereocenters. The van der Waals surface area contributed by atoms with Crippen LogP contribution in [0.2, 0.25) is 0 Å². The van der Waals surface area contributed by atoms with Gasteiger partial charge in [-0.25, -0.2) is 0 Å². The summed E-state index contributed by atoms with van der Waals surface area (Å²) in [7, 11) is 0. The van der Waals surface area contributed by atoms with Gasteiger partial charge >= 0.3 is 0 Å². The van der Waals surface area contributed by atoms with Gasteiger partial charge in [0.2, 0.25) is 0 Å². The molecule has 0 aromatic carbocycles. The standard InChI is InChI=1S/C15H27NO/c1-11-5-6-14-13(8-11)16-10-15(17-14)7-3-4-12(2)9-15/h11-14,16H,3-10H2,1-2H3. The first-order valence-electron chi connectivity index (χ1n) is 7.58. The van der Waals surface area contributed by atoms with Crippen LogP contribution in [0.15, 0.2) is 0 Å². The number of rotatable bonds is 0. The fraction of sp³-hybridized carbons (Fsp3) is 1.00. The lowest BCUT2D eigenvalue weighted by molar-refractivity contribution is -0.169. The van der Waals surface area contributed by atoms with Gasteiger partial charge in [-0.3, -0.25) is 0 Å². The Balaban J connectivity index is 1.67. The average molecular weight is 237 g/mol. The Labute approximate surface area is 105 Å². The van der Waals surface area contributed by atoms with Crippen molar-refractivity contribution >= 4 is 0 Å². The molecular weight excluding hydrogens is 210 g/mol. The predicted molar refractivity (Wildman–Crippen MR) is 70.0 cm³/mol. The Kier molecular flexibility index (Phi) is 3.20. The molecule has 3 rings (SSSR count). The maximum atomic E-state index is 6.58. The number of morpholine rings is 1. The summed E-state index contributed by atoms with van der Waals surface area (Å²) in [4.78, 5) is 0. The Morgan fingerprint density at radius 2 is 2.00 bits per heavy atom. The van der Waals surface area contributed by atoms with Crippen molar-refractivity contribution in [3.63, 3.8) is 0 Å². The van der Waals surface area contributed by atoms with E-state index in [9.17, 15) is 0 Å². The molecule has 2 heteroatoms. The van der Waals surface area contributed by atoms with E-state index >= 15 is 0 Å². The minimum atomic E-state index is 0.194. The number of ether oxygens (including phenoxy) is 1. The highest BCUT2D eigenvalue weighted by molar-refractivity contribution is 4.98. The molecule has 1 spiro atoms. The maximum absolute atomic E-state index is 6.58. The van der Waals surface area contributed by atoms with Gasteiger partial charge < -0.3 is 10.1 Å². The lowest BCUT2D eigenvalue weighted by Crippen LogP contribution is -2.61. The molecule has 2 aliphatic carbocycles. The molecule has 3 fully saturated rings. The van der Waals surface area contributed by atoms with Crippen LogP contribution in [-0.4, -0.2) is 24.3 Å². The summed E-state index contributed by atoms with van der Waals surface area (Å²) < 4.78 is 6.58. The lowest BCUT2D eigenvalue weighted by Gasteiger charge is -2.51. The summed E-state index contributed by atoms with van der Waals surface area (Å²) in [5.41, 5.74) is 0.194. The molecule has 17 heavy (non-hydrogen) atoms. The molecule has 3 aliphatic rings. The van der Waals surface area contributed by atoms with Gasteiger partial charge in [-0.05, 0) is 43.9 Å². The van der Waals surface area contributed by atoms with E-state index in [-0.39, 0.29) is 5.60 Å². The van der Waals surface area contributed by atoms with Crippen molar-refractivity contribution in [1.29, 1.82) is 0 Å². The zero-order valence-corrected chi connectivity index (χ0v) is 11.4. The molecule has 1 aliphatic heterocycles. The number of hydrogen-bond donors (Lipinski definition) is 1. The van der Waals surface area contributed by atoms with Gasteiger partial charge in [-0.15, -0.1) is 0 Å². The first-order chi connectivity index (χ1) is 8.17. The fourth-order valence-corrected chi connectivity index (χ4v) is 4.27. The molecule has 0 radical (unpaired) electrons. The van der Waals surface area contributed by atoms with Crippen LogP contribution in [0.3, 0.4) is 0 Å². The molecule has 1 heterocycles. The van der Waals surface area contributed by atoms with E-state index in [1.165, 1.54) is 44.9 Å². The van der Waals surface area contributed by atoms with Gasteiger partial charge in [0.1, 0.15) is 0 Å². The molecule has 0 bridgehead atoms. The Morgan fingerprint density at radius 3 is 2.82 bits per heavy atom. The molecule has 0 aromatic heterocycles. The average Bonchev–Trinajstić information content (AvgIpc) is 2.30. The lowest BCUT2D eigenvalue weighted by atomic mass is 9.75. The van der Waals surface area contributed by atoms with Crippen LogP contribution in [0.1, 0.15) is 58.8 Å². The van der Waals surface area contributed by atoms with Gasteiger partial charge in [0.05, 0.1) is 11.7 Å². The summed E-state index contributed by atoms with van der Waals surface area (Å²) in [5.74, 6) is 1.73. The zero-order valence-electron chi connectivity index (χ0n) is 11.4. The third kappa shape index (κ3) is 2.39. The second-order valence-corrected chi connectivity index (χ2v) is 6.95. The van der Waals surface area contributed by atoms with Gasteiger partial charge in [0, 0.05) is 12.6 Å². The van der Waals surface area contributed by atoms with E-state index in [0.717, 1.165) is 18.4 Å². The van der Waals surface area contributed by atoms with Crippen LogP contribution >= 0.6 is 0 Å². The molecule has 5 unspecified atom stereocenters. The van der Waals surface area contributed by atoms with Crippen LogP contribution in [0, 0.1) is 11.8 Å². The highest BCUT2D eigenvalue weighted by Gasteiger charge is 2.44. The predicted octanol–water partition coefficient (Wildman–Crippen LogP) is 3.11. The summed E-state index contributed by atoms with van der Waals surface area (Å²) in [6, 6.07) is 0.640. The second-order valence-electron chi connectivity index (χ2n) is 6.95. The first-order valence-corrected chi connectivity index (χ1v) is 7.58. The molecule has 1 saturated heterocycles. The van der Waals surface area contributed by atoms with E-state index in [1.54, 1.807) is 0 Å². The maximum Gasteiger partial charge on any atom is 0.0813 e. The topological polar surface area (TPSA) is 21.3 Å². The van der Waals surface area contributed by atoms with Crippen molar-refractivity contribution < 1.29 is 4.74 Å². The van der Waals surface area contributed by atoms with E-state index in [4.69, 9.17) is 4.74 Å². The van der Waals surface area contributed by atoms with Crippen molar-refractivity contribution in [2.45, 2.75) is 76.5 Å². The molecular formula is C15H27NO. The number of fused-ring (bicyclic) bond motifs is 1. The molecule has 1 N–H and O–H groups in total. The van der Waals surface area contributed by atoms with Crippen molar-refractivity contribution in [3.05, 3.63) is 0 Å². The van der Waals surface area contributed by atoms with Crippen LogP contribution in [-0.2, 0) is 4.74 Å². The second kappa shape index (κ2) is 4.55. The summed E-state index contributed by atoms with van der Waals surface area (Å²) in [6.45, 7) is 5.87. The monoisotopic (exact) mass is 237 g/mol. The zero-order chi connectivity index (χ0) is 11.9. The summed E-state index contributed by atoms with van der Waals surface area (Å²) in [5, 5.41) is 3.81. The number of nitrogens with one attached hydrogen (secondary N) is 1. The smallest absolute Gasteiger partial charge is 0.0813 e. The molecule has 0 amide bonds. The quantitative estimate of drug-likeness (QED) is 0.699. The van der Waals surface area contributed by atoms with Crippen molar-refractivity contribution in [1.82, 2.24) is 5.32 Å². The van der Waals surface area contributed by atoms with E-state index in [2.05, 4.69) is 19.2 Å². The van der Waals surface area contributed by atoms with Gasteiger partial charge in [-0.2, -0.15) is 0 Å². The normalized spacial score (nSPS) is 51.2. The Hall–Kier alpha value is -0.0800. The minimum absolute atomic E-state index is 0.194. The van der Waals surface area contributed by atoms with Crippen molar-refractivity contribution in [2.75, 3.05) is 6.54 Å². The van der Waals surface area contributed by atoms with E-state index in [1.807, 2.05) is 0 Å². The SMILES string of the molecule is CC1CCC2OC3(CCCC(C)C3)CNC2C1. The fourth-order valence-electron chi connectivity index (χ4n) is 4.27. The highest BCUT2D eigenvalue weighted by atomic mass is 16.5. The van der Waals surface area contributed by atoms with Crippen LogP contribution in [0.25, 0.3) is 0 Å². The molecule has 0 aromatic rings. The van der Waals surface area contributed by atoms with Crippen molar-refractivity contribution in [3.8, 4) is 0 Å².